The van der Waals surface area contributed by atoms with Crippen LogP contribution in [0.3, 0.4) is 0 Å². The number of methoxy groups -OCH3 is 1. The van der Waals surface area contributed by atoms with Gasteiger partial charge in [0.15, 0.2) is 0 Å². The monoisotopic (exact) mass is 387 g/mol. The Bertz CT molecular complexity index is 779. The summed E-state index contributed by atoms with van der Waals surface area (Å²) in [5.41, 5.74) is 0.393. The Morgan fingerprint density at radius 1 is 1.25 bits per heavy atom. The highest BCUT2D eigenvalue weighted by atomic mass is 16.5. The van der Waals surface area contributed by atoms with Gasteiger partial charge in [0.1, 0.15) is 18.0 Å². The van der Waals surface area contributed by atoms with Crippen molar-refractivity contribution in [3.63, 3.8) is 0 Å². The fourth-order valence-electron chi connectivity index (χ4n) is 3.35. The molecule has 1 saturated carbocycles. The van der Waals surface area contributed by atoms with E-state index < -0.39 is 0 Å². The number of ether oxygens (including phenoxy) is 1. The number of carbonyl (C=O) groups excluding carboxylic acids is 2. The lowest BCUT2D eigenvalue weighted by atomic mass is 9.83. The van der Waals surface area contributed by atoms with E-state index in [0.717, 1.165) is 0 Å². The Morgan fingerprint density at radius 2 is 2.04 bits per heavy atom. The molecule has 0 unspecified atom stereocenters. The third kappa shape index (κ3) is 4.89. The highest BCUT2D eigenvalue weighted by Gasteiger charge is 2.35. The Hall–Kier alpha value is -2.88. The minimum absolute atomic E-state index is 0.0687. The fraction of sp³-hybridized carbons (Fsp3) is 0.556. The van der Waals surface area contributed by atoms with Crippen molar-refractivity contribution in [3.05, 3.63) is 35.9 Å². The molecule has 10 nitrogen and oxygen atoms in total. The van der Waals surface area contributed by atoms with Crippen LogP contribution in [0.1, 0.15) is 48.2 Å². The zero-order valence-corrected chi connectivity index (χ0v) is 16.0. The number of nitrogens with one attached hydrogen (secondary N) is 3. The van der Waals surface area contributed by atoms with Gasteiger partial charge >= 0.3 is 0 Å². The largest absolute Gasteiger partial charge is 0.379 e. The van der Waals surface area contributed by atoms with Gasteiger partial charge in [0.2, 0.25) is 5.91 Å². The molecule has 0 saturated heterocycles. The van der Waals surface area contributed by atoms with E-state index in [1.807, 2.05) is 6.92 Å². The van der Waals surface area contributed by atoms with Gasteiger partial charge in [-0.05, 0) is 19.3 Å². The van der Waals surface area contributed by atoms with Crippen molar-refractivity contribution < 1.29 is 14.3 Å². The van der Waals surface area contributed by atoms with Crippen LogP contribution in [0.15, 0.2) is 18.7 Å². The van der Waals surface area contributed by atoms with Gasteiger partial charge in [-0.1, -0.05) is 6.92 Å². The second-order valence-corrected chi connectivity index (χ2v) is 6.76. The molecule has 3 rings (SSSR count). The molecule has 0 bridgehead atoms. The number of aromatic amines is 1. The summed E-state index contributed by atoms with van der Waals surface area (Å²) < 4.78 is 5.52. The Labute approximate surface area is 162 Å². The van der Waals surface area contributed by atoms with Crippen LogP contribution in [-0.4, -0.2) is 56.2 Å². The molecular formula is C18H25N7O3. The van der Waals surface area contributed by atoms with E-state index in [4.69, 9.17) is 4.74 Å². The summed E-state index contributed by atoms with van der Waals surface area (Å²) in [5, 5.41) is 12.3. The number of hydrogen-bond donors (Lipinski definition) is 3. The summed E-state index contributed by atoms with van der Waals surface area (Å²) in [5.74, 6) is 0.739. The molecule has 1 fully saturated rings. The van der Waals surface area contributed by atoms with E-state index in [1.54, 1.807) is 7.11 Å². The molecule has 1 aliphatic carbocycles. The molecule has 0 aliphatic heterocycles. The lowest BCUT2D eigenvalue weighted by Gasteiger charge is -2.35. The second-order valence-electron chi connectivity index (χ2n) is 6.76. The zero-order valence-electron chi connectivity index (χ0n) is 16.0. The zero-order chi connectivity index (χ0) is 19.9. The Balaban J connectivity index is 1.59. The SMILES string of the molecule is CCc1ncc(C(=O)N[C@@H]2C[C@@H](C(=O)NCc3ncn[nH]3)CC[C@H]2OC)cn1. The molecule has 0 radical (unpaired) electrons. The van der Waals surface area contributed by atoms with Gasteiger partial charge in [0, 0.05) is 31.8 Å². The van der Waals surface area contributed by atoms with Crippen LogP contribution in [-0.2, 0) is 22.5 Å². The minimum atomic E-state index is -0.266. The summed E-state index contributed by atoms with van der Waals surface area (Å²) in [6, 6.07) is -0.266. The van der Waals surface area contributed by atoms with Gasteiger partial charge in [-0.15, -0.1) is 0 Å². The highest BCUT2D eigenvalue weighted by Crippen LogP contribution is 2.27. The number of rotatable bonds is 7. The topological polar surface area (TPSA) is 135 Å². The van der Waals surface area contributed by atoms with Gasteiger partial charge in [-0.3, -0.25) is 14.7 Å². The van der Waals surface area contributed by atoms with Gasteiger partial charge in [0.05, 0.1) is 24.3 Å². The number of carbonyl (C=O) groups is 2. The summed E-state index contributed by atoms with van der Waals surface area (Å²) >= 11 is 0. The molecule has 2 aromatic heterocycles. The molecule has 2 aromatic rings. The van der Waals surface area contributed by atoms with E-state index in [2.05, 4.69) is 35.8 Å². The van der Waals surface area contributed by atoms with Crippen LogP contribution >= 0.6 is 0 Å². The van der Waals surface area contributed by atoms with Crippen molar-refractivity contribution in [1.82, 2.24) is 35.8 Å². The molecule has 28 heavy (non-hydrogen) atoms. The third-order valence-corrected chi connectivity index (χ3v) is 4.96. The van der Waals surface area contributed by atoms with Crippen LogP contribution in [0, 0.1) is 5.92 Å². The van der Waals surface area contributed by atoms with Crippen LogP contribution in [0.4, 0.5) is 0 Å². The molecule has 0 aromatic carbocycles. The Morgan fingerprint density at radius 3 is 2.68 bits per heavy atom. The average molecular weight is 387 g/mol. The third-order valence-electron chi connectivity index (χ3n) is 4.96. The molecule has 1 aliphatic rings. The maximum Gasteiger partial charge on any atom is 0.254 e. The normalized spacial score (nSPS) is 21.9. The van der Waals surface area contributed by atoms with Crippen molar-refractivity contribution in [2.24, 2.45) is 5.92 Å². The first-order chi connectivity index (χ1) is 13.6. The van der Waals surface area contributed by atoms with Gasteiger partial charge < -0.3 is 15.4 Å². The average Bonchev–Trinajstić information content (AvgIpc) is 3.25. The van der Waals surface area contributed by atoms with Crippen molar-refractivity contribution in [2.75, 3.05) is 7.11 Å². The standard InChI is InChI=1S/C18H25N7O3/c1-3-15-19-7-12(8-20-15)18(27)24-13-6-11(4-5-14(13)28-2)17(26)21-9-16-22-10-23-25-16/h7-8,10-11,13-14H,3-6,9H2,1-2H3,(H,21,26)(H,24,27)(H,22,23,25)/t11-,13+,14+/m0/s1. The van der Waals surface area contributed by atoms with E-state index >= 15 is 0 Å². The van der Waals surface area contributed by atoms with Gasteiger partial charge in [0.25, 0.3) is 5.91 Å². The molecule has 10 heteroatoms. The first kappa shape index (κ1) is 19.9. The van der Waals surface area contributed by atoms with E-state index in [0.29, 0.717) is 49.4 Å². The lowest BCUT2D eigenvalue weighted by molar-refractivity contribution is -0.127. The number of hydrogen-bond acceptors (Lipinski definition) is 7. The first-order valence-corrected chi connectivity index (χ1v) is 9.37. The molecule has 0 spiro atoms. The van der Waals surface area contributed by atoms with Crippen molar-refractivity contribution in [1.29, 1.82) is 0 Å². The molecule has 2 amide bonds. The van der Waals surface area contributed by atoms with Gasteiger partial charge in [-0.25, -0.2) is 15.0 Å². The predicted octanol–water partition coefficient (Wildman–Crippen LogP) is 0.387. The maximum absolute atomic E-state index is 12.6. The molecule has 3 N–H and O–H groups in total. The number of amides is 2. The van der Waals surface area contributed by atoms with Crippen molar-refractivity contribution in [2.45, 2.75) is 51.3 Å². The fourth-order valence-corrected chi connectivity index (χ4v) is 3.35. The van der Waals surface area contributed by atoms with Crippen LogP contribution < -0.4 is 10.6 Å². The molecule has 3 atom stereocenters. The molecular weight excluding hydrogens is 362 g/mol. The summed E-state index contributed by atoms with van der Waals surface area (Å²) in [6.45, 7) is 2.25. The smallest absolute Gasteiger partial charge is 0.254 e. The van der Waals surface area contributed by atoms with E-state index in [9.17, 15) is 9.59 Å². The summed E-state index contributed by atoms with van der Waals surface area (Å²) in [6.07, 6.45) is 6.89. The molecule has 2 heterocycles. The number of nitrogens with zero attached hydrogens (tertiary/aromatic N) is 4. The van der Waals surface area contributed by atoms with Crippen molar-refractivity contribution in [3.8, 4) is 0 Å². The number of aryl methyl sites for hydroxylation is 1. The maximum atomic E-state index is 12.6. The Kier molecular flexibility index (Phi) is 6.64. The van der Waals surface area contributed by atoms with Crippen LogP contribution in [0.25, 0.3) is 0 Å². The number of H-pyrrole nitrogens is 1. The quantitative estimate of drug-likeness (QED) is 0.625. The highest BCUT2D eigenvalue weighted by molar-refractivity contribution is 5.93. The predicted molar refractivity (Wildman–Crippen MR) is 99.0 cm³/mol. The van der Waals surface area contributed by atoms with Crippen LogP contribution in [0.2, 0.25) is 0 Å². The van der Waals surface area contributed by atoms with Crippen molar-refractivity contribution >= 4 is 11.8 Å². The van der Waals surface area contributed by atoms with Crippen LogP contribution in [0.5, 0.6) is 0 Å². The van der Waals surface area contributed by atoms with E-state index in [-0.39, 0.29) is 29.9 Å². The second kappa shape index (κ2) is 9.36. The van der Waals surface area contributed by atoms with E-state index in [1.165, 1.54) is 18.7 Å². The summed E-state index contributed by atoms with van der Waals surface area (Å²) in [4.78, 5) is 37.4. The number of aromatic nitrogens is 5. The van der Waals surface area contributed by atoms with Gasteiger partial charge in [-0.2, -0.15) is 5.10 Å². The lowest BCUT2D eigenvalue weighted by Crippen LogP contribution is -2.50. The first-order valence-electron chi connectivity index (χ1n) is 9.37. The summed E-state index contributed by atoms with van der Waals surface area (Å²) in [7, 11) is 1.62. The minimum Gasteiger partial charge on any atom is -0.379 e. The molecule has 150 valence electrons.